The minimum atomic E-state index is 0.677. The standard InChI is InChI=1S/C16H27N/c1-6-13(4)15-9-10-16(14(5)11-15)12-17(7-2)8-3/h9-11,13H,6-8,12H2,1-5H3. The molecule has 0 spiro atoms. The van der Waals surface area contributed by atoms with Gasteiger partial charge in [0.15, 0.2) is 0 Å². The minimum Gasteiger partial charge on any atom is -0.300 e. The minimum absolute atomic E-state index is 0.677. The Hall–Kier alpha value is -0.820. The van der Waals surface area contributed by atoms with Crippen LogP contribution in [0.2, 0.25) is 0 Å². The van der Waals surface area contributed by atoms with Crippen LogP contribution in [0.1, 0.15) is 56.7 Å². The molecule has 0 radical (unpaired) electrons. The fourth-order valence-electron chi connectivity index (χ4n) is 2.13. The first kappa shape index (κ1) is 14.2. The Morgan fingerprint density at radius 1 is 1.12 bits per heavy atom. The van der Waals surface area contributed by atoms with E-state index in [0.717, 1.165) is 19.6 Å². The van der Waals surface area contributed by atoms with Gasteiger partial charge in [-0.3, -0.25) is 4.90 Å². The maximum atomic E-state index is 2.46. The van der Waals surface area contributed by atoms with Gasteiger partial charge in [-0.05, 0) is 49.0 Å². The zero-order valence-corrected chi connectivity index (χ0v) is 12.1. The van der Waals surface area contributed by atoms with E-state index in [1.807, 2.05) is 0 Å². The fraction of sp³-hybridized carbons (Fsp3) is 0.625. The van der Waals surface area contributed by atoms with Crippen LogP contribution in [0.3, 0.4) is 0 Å². The van der Waals surface area contributed by atoms with E-state index < -0.39 is 0 Å². The van der Waals surface area contributed by atoms with Gasteiger partial charge in [0.05, 0.1) is 0 Å². The monoisotopic (exact) mass is 233 g/mol. The molecule has 1 aromatic carbocycles. The van der Waals surface area contributed by atoms with E-state index in [9.17, 15) is 0 Å². The summed E-state index contributed by atoms with van der Waals surface area (Å²) in [4.78, 5) is 2.46. The second kappa shape index (κ2) is 6.80. The van der Waals surface area contributed by atoms with Gasteiger partial charge in [0, 0.05) is 6.54 Å². The lowest BCUT2D eigenvalue weighted by atomic mass is 9.95. The summed E-state index contributed by atoms with van der Waals surface area (Å²) in [5, 5.41) is 0. The molecule has 17 heavy (non-hydrogen) atoms. The molecule has 0 amide bonds. The highest BCUT2D eigenvalue weighted by atomic mass is 15.1. The van der Waals surface area contributed by atoms with Crippen molar-refractivity contribution in [3.05, 3.63) is 34.9 Å². The van der Waals surface area contributed by atoms with Gasteiger partial charge >= 0.3 is 0 Å². The Kier molecular flexibility index (Phi) is 5.70. The van der Waals surface area contributed by atoms with Gasteiger partial charge in [0.1, 0.15) is 0 Å². The van der Waals surface area contributed by atoms with Crippen molar-refractivity contribution in [2.24, 2.45) is 0 Å². The van der Waals surface area contributed by atoms with Crippen molar-refractivity contribution in [1.29, 1.82) is 0 Å². The third kappa shape index (κ3) is 3.85. The molecule has 0 aliphatic rings. The predicted octanol–water partition coefficient (Wildman–Crippen LogP) is 4.35. The van der Waals surface area contributed by atoms with Crippen LogP contribution in [0.5, 0.6) is 0 Å². The van der Waals surface area contributed by atoms with Gasteiger partial charge in [-0.15, -0.1) is 0 Å². The lowest BCUT2D eigenvalue weighted by Gasteiger charge is -2.20. The van der Waals surface area contributed by atoms with E-state index in [1.54, 1.807) is 0 Å². The van der Waals surface area contributed by atoms with Crippen molar-refractivity contribution >= 4 is 0 Å². The number of rotatable bonds is 6. The van der Waals surface area contributed by atoms with Crippen LogP contribution in [0.15, 0.2) is 18.2 Å². The summed E-state index contributed by atoms with van der Waals surface area (Å²) >= 11 is 0. The third-order valence-corrected chi connectivity index (χ3v) is 3.84. The molecule has 96 valence electrons. The van der Waals surface area contributed by atoms with Crippen molar-refractivity contribution in [2.45, 2.75) is 53.5 Å². The Balaban J connectivity index is 2.82. The zero-order valence-electron chi connectivity index (χ0n) is 12.1. The first-order chi connectivity index (χ1) is 8.12. The van der Waals surface area contributed by atoms with Crippen molar-refractivity contribution in [3.8, 4) is 0 Å². The molecule has 1 heteroatoms. The topological polar surface area (TPSA) is 3.24 Å². The number of aryl methyl sites for hydroxylation is 1. The highest BCUT2D eigenvalue weighted by molar-refractivity contribution is 5.32. The average molecular weight is 233 g/mol. The van der Waals surface area contributed by atoms with Gasteiger partial charge < -0.3 is 0 Å². The van der Waals surface area contributed by atoms with Crippen molar-refractivity contribution in [2.75, 3.05) is 13.1 Å². The summed E-state index contributed by atoms with van der Waals surface area (Å²) in [6.45, 7) is 14.6. The Morgan fingerprint density at radius 3 is 2.24 bits per heavy atom. The normalized spacial score (nSPS) is 13.1. The molecule has 0 bridgehead atoms. The molecule has 1 unspecified atom stereocenters. The molecule has 0 saturated carbocycles. The Morgan fingerprint density at radius 2 is 1.76 bits per heavy atom. The molecule has 0 aliphatic carbocycles. The average Bonchev–Trinajstić information content (AvgIpc) is 2.36. The van der Waals surface area contributed by atoms with Crippen LogP contribution in [0.4, 0.5) is 0 Å². The van der Waals surface area contributed by atoms with E-state index in [-0.39, 0.29) is 0 Å². The zero-order chi connectivity index (χ0) is 12.8. The first-order valence-electron chi connectivity index (χ1n) is 6.94. The fourth-order valence-corrected chi connectivity index (χ4v) is 2.13. The molecule has 1 rings (SSSR count). The third-order valence-electron chi connectivity index (χ3n) is 3.84. The molecule has 0 N–H and O–H groups in total. The van der Waals surface area contributed by atoms with Gasteiger partial charge in [0.2, 0.25) is 0 Å². The molecular formula is C16H27N. The Labute approximate surface area is 107 Å². The molecule has 1 nitrogen and oxygen atoms in total. The lowest BCUT2D eigenvalue weighted by molar-refractivity contribution is 0.295. The van der Waals surface area contributed by atoms with Crippen LogP contribution in [0.25, 0.3) is 0 Å². The molecule has 1 aromatic rings. The summed E-state index contributed by atoms with van der Waals surface area (Å²) in [6.07, 6.45) is 1.22. The maximum Gasteiger partial charge on any atom is 0.0236 e. The molecule has 1 atom stereocenters. The van der Waals surface area contributed by atoms with Gasteiger partial charge in [-0.1, -0.05) is 45.9 Å². The highest BCUT2D eigenvalue weighted by Gasteiger charge is 2.07. The van der Waals surface area contributed by atoms with Crippen molar-refractivity contribution in [3.63, 3.8) is 0 Å². The first-order valence-corrected chi connectivity index (χ1v) is 6.94. The second-order valence-corrected chi connectivity index (χ2v) is 4.96. The molecule has 0 aliphatic heterocycles. The molecule has 0 heterocycles. The SMILES string of the molecule is CCC(C)c1ccc(CN(CC)CC)c(C)c1. The van der Waals surface area contributed by atoms with E-state index in [2.05, 4.69) is 57.7 Å². The predicted molar refractivity (Wildman–Crippen MR) is 76.5 cm³/mol. The number of nitrogens with zero attached hydrogens (tertiary/aromatic N) is 1. The highest BCUT2D eigenvalue weighted by Crippen LogP contribution is 2.22. The van der Waals surface area contributed by atoms with Crippen LogP contribution in [-0.2, 0) is 6.54 Å². The van der Waals surface area contributed by atoms with E-state index in [4.69, 9.17) is 0 Å². The maximum absolute atomic E-state index is 2.46. The number of hydrogen-bond acceptors (Lipinski definition) is 1. The smallest absolute Gasteiger partial charge is 0.0236 e. The summed E-state index contributed by atoms with van der Waals surface area (Å²) in [7, 11) is 0. The molecule has 0 aromatic heterocycles. The Bertz CT molecular complexity index is 339. The van der Waals surface area contributed by atoms with Crippen LogP contribution < -0.4 is 0 Å². The van der Waals surface area contributed by atoms with Crippen molar-refractivity contribution in [1.82, 2.24) is 4.90 Å². The molecule has 0 saturated heterocycles. The van der Waals surface area contributed by atoms with Gasteiger partial charge in [-0.2, -0.15) is 0 Å². The van der Waals surface area contributed by atoms with Gasteiger partial charge in [-0.25, -0.2) is 0 Å². The number of hydrogen-bond donors (Lipinski definition) is 0. The summed E-state index contributed by atoms with van der Waals surface area (Å²) in [5.41, 5.74) is 4.39. The van der Waals surface area contributed by atoms with E-state index >= 15 is 0 Å². The quantitative estimate of drug-likeness (QED) is 0.706. The van der Waals surface area contributed by atoms with E-state index in [0.29, 0.717) is 5.92 Å². The van der Waals surface area contributed by atoms with E-state index in [1.165, 1.54) is 23.1 Å². The molecule has 0 fully saturated rings. The summed E-state index contributed by atoms with van der Waals surface area (Å²) in [6, 6.07) is 6.99. The number of benzene rings is 1. The lowest BCUT2D eigenvalue weighted by Crippen LogP contribution is -2.22. The second-order valence-electron chi connectivity index (χ2n) is 4.96. The van der Waals surface area contributed by atoms with Crippen LogP contribution >= 0.6 is 0 Å². The van der Waals surface area contributed by atoms with Crippen molar-refractivity contribution < 1.29 is 0 Å². The van der Waals surface area contributed by atoms with Crippen LogP contribution in [0, 0.1) is 6.92 Å². The van der Waals surface area contributed by atoms with Crippen LogP contribution in [-0.4, -0.2) is 18.0 Å². The largest absolute Gasteiger partial charge is 0.300 e. The van der Waals surface area contributed by atoms with Gasteiger partial charge in [0.25, 0.3) is 0 Å². The molecular weight excluding hydrogens is 206 g/mol. The summed E-state index contributed by atoms with van der Waals surface area (Å²) < 4.78 is 0. The summed E-state index contributed by atoms with van der Waals surface area (Å²) in [5.74, 6) is 0.677.